The number of carbonyl (C=O) groups is 2. The van der Waals surface area contributed by atoms with Gasteiger partial charge < -0.3 is 9.64 Å². The number of benzene rings is 1. The van der Waals surface area contributed by atoms with Gasteiger partial charge in [-0.05, 0) is 56.4 Å². The van der Waals surface area contributed by atoms with E-state index in [0.29, 0.717) is 12.2 Å². The second-order valence-electron chi connectivity index (χ2n) is 5.89. The summed E-state index contributed by atoms with van der Waals surface area (Å²) >= 11 is 0. The van der Waals surface area contributed by atoms with Gasteiger partial charge in [-0.3, -0.25) is 9.59 Å². The second-order valence-corrected chi connectivity index (χ2v) is 5.89. The van der Waals surface area contributed by atoms with Crippen molar-refractivity contribution in [2.45, 2.75) is 45.1 Å². The standard InChI is InChI=1S/C17H21NO3/c1-12(17(20)18-9-3-2-4-10-18)21-14-6-7-15-13(11-14)5-8-16(15)19/h6-7,11-12H,2-5,8-10H2,1H3. The van der Waals surface area contributed by atoms with Gasteiger partial charge in [-0.25, -0.2) is 0 Å². The first-order valence-corrected chi connectivity index (χ1v) is 7.77. The maximum atomic E-state index is 12.3. The topological polar surface area (TPSA) is 46.6 Å². The summed E-state index contributed by atoms with van der Waals surface area (Å²) in [5.41, 5.74) is 1.84. The molecule has 4 heteroatoms. The molecular weight excluding hydrogens is 266 g/mol. The number of nitrogens with zero attached hydrogens (tertiary/aromatic N) is 1. The number of amides is 1. The number of hydrogen-bond acceptors (Lipinski definition) is 3. The van der Waals surface area contributed by atoms with Crippen molar-refractivity contribution in [1.29, 1.82) is 0 Å². The third kappa shape index (κ3) is 2.94. The van der Waals surface area contributed by atoms with Crippen LogP contribution in [0, 0.1) is 0 Å². The number of rotatable bonds is 3. The van der Waals surface area contributed by atoms with Crippen LogP contribution in [0.5, 0.6) is 5.75 Å². The summed E-state index contributed by atoms with van der Waals surface area (Å²) in [6, 6.07) is 5.51. The fraction of sp³-hybridized carbons (Fsp3) is 0.529. The van der Waals surface area contributed by atoms with E-state index < -0.39 is 6.10 Å². The number of fused-ring (bicyclic) bond motifs is 1. The summed E-state index contributed by atoms with van der Waals surface area (Å²) in [4.78, 5) is 25.8. The largest absolute Gasteiger partial charge is 0.481 e. The lowest BCUT2D eigenvalue weighted by Gasteiger charge is -2.29. The Labute approximate surface area is 125 Å². The molecule has 1 heterocycles. The van der Waals surface area contributed by atoms with Crippen LogP contribution < -0.4 is 4.74 Å². The molecular formula is C17H21NO3. The summed E-state index contributed by atoms with van der Waals surface area (Å²) in [5, 5.41) is 0. The van der Waals surface area contributed by atoms with E-state index in [1.165, 1.54) is 6.42 Å². The number of ketones is 1. The summed E-state index contributed by atoms with van der Waals surface area (Å²) in [5.74, 6) is 0.946. The van der Waals surface area contributed by atoms with Gasteiger partial charge in [0, 0.05) is 25.1 Å². The van der Waals surface area contributed by atoms with Gasteiger partial charge in [-0.15, -0.1) is 0 Å². The molecule has 1 aliphatic heterocycles. The molecule has 0 spiro atoms. The van der Waals surface area contributed by atoms with E-state index in [2.05, 4.69) is 0 Å². The first-order valence-electron chi connectivity index (χ1n) is 7.77. The number of hydrogen-bond donors (Lipinski definition) is 0. The summed E-state index contributed by atoms with van der Waals surface area (Å²) in [6.07, 6.45) is 4.26. The number of ether oxygens (including phenoxy) is 1. The van der Waals surface area contributed by atoms with E-state index in [0.717, 1.165) is 43.5 Å². The van der Waals surface area contributed by atoms with Crippen LogP contribution in [-0.2, 0) is 11.2 Å². The van der Waals surface area contributed by atoms with Crippen molar-refractivity contribution < 1.29 is 14.3 Å². The fourth-order valence-electron chi connectivity index (χ4n) is 3.13. The third-order valence-corrected chi connectivity index (χ3v) is 4.33. The number of Topliss-reactive ketones (excluding diaryl/α,β-unsaturated/α-hetero) is 1. The van der Waals surface area contributed by atoms with Gasteiger partial charge >= 0.3 is 0 Å². The van der Waals surface area contributed by atoms with E-state index in [9.17, 15) is 9.59 Å². The SMILES string of the molecule is CC(Oc1ccc2c(c1)CCC2=O)C(=O)N1CCCCC1. The molecule has 0 N–H and O–H groups in total. The zero-order valence-electron chi connectivity index (χ0n) is 12.4. The third-order valence-electron chi connectivity index (χ3n) is 4.33. The Bertz CT molecular complexity index is 561. The van der Waals surface area contributed by atoms with E-state index >= 15 is 0 Å². The highest BCUT2D eigenvalue weighted by Gasteiger charge is 2.24. The van der Waals surface area contributed by atoms with Gasteiger partial charge in [0.15, 0.2) is 11.9 Å². The molecule has 1 atom stereocenters. The van der Waals surface area contributed by atoms with Crippen molar-refractivity contribution in [3.8, 4) is 5.75 Å². The zero-order valence-corrected chi connectivity index (χ0v) is 12.4. The van der Waals surface area contributed by atoms with Crippen LogP contribution in [0.25, 0.3) is 0 Å². The summed E-state index contributed by atoms with van der Waals surface area (Å²) in [6.45, 7) is 3.48. The Kier molecular flexibility index (Phi) is 3.95. The van der Waals surface area contributed by atoms with Crippen molar-refractivity contribution in [2.24, 2.45) is 0 Å². The van der Waals surface area contributed by atoms with Crippen LogP contribution in [0.3, 0.4) is 0 Å². The van der Waals surface area contributed by atoms with Gasteiger partial charge in [0.1, 0.15) is 5.75 Å². The number of carbonyl (C=O) groups excluding carboxylic acids is 2. The molecule has 3 rings (SSSR count). The number of aryl methyl sites for hydroxylation is 1. The van der Waals surface area contributed by atoms with Crippen molar-refractivity contribution >= 4 is 11.7 Å². The zero-order chi connectivity index (χ0) is 14.8. The van der Waals surface area contributed by atoms with Crippen molar-refractivity contribution in [2.75, 3.05) is 13.1 Å². The molecule has 21 heavy (non-hydrogen) atoms. The molecule has 1 saturated heterocycles. The maximum Gasteiger partial charge on any atom is 0.263 e. The normalized spacial score (nSPS) is 19.3. The Hall–Kier alpha value is -1.84. The van der Waals surface area contributed by atoms with Crippen LogP contribution in [0.1, 0.15) is 48.5 Å². The highest BCUT2D eigenvalue weighted by atomic mass is 16.5. The van der Waals surface area contributed by atoms with Gasteiger partial charge in [0.2, 0.25) is 0 Å². The quantitative estimate of drug-likeness (QED) is 0.858. The Morgan fingerprint density at radius 3 is 2.71 bits per heavy atom. The monoisotopic (exact) mass is 287 g/mol. The highest BCUT2D eigenvalue weighted by molar-refractivity contribution is 6.00. The summed E-state index contributed by atoms with van der Waals surface area (Å²) < 4.78 is 5.79. The lowest BCUT2D eigenvalue weighted by Crippen LogP contribution is -2.43. The van der Waals surface area contributed by atoms with Crippen LogP contribution in [-0.4, -0.2) is 35.8 Å². The van der Waals surface area contributed by atoms with Crippen molar-refractivity contribution in [3.63, 3.8) is 0 Å². The fourth-order valence-corrected chi connectivity index (χ4v) is 3.13. The minimum Gasteiger partial charge on any atom is -0.481 e. The van der Waals surface area contributed by atoms with Crippen molar-refractivity contribution in [1.82, 2.24) is 4.90 Å². The van der Waals surface area contributed by atoms with Gasteiger partial charge in [0.05, 0.1) is 0 Å². The van der Waals surface area contributed by atoms with E-state index in [1.807, 2.05) is 17.0 Å². The first-order chi connectivity index (χ1) is 10.1. The van der Waals surface area contributed by atoms with Crippen LogP contribution >= 0.6 is 0 Å². The predicted molar refractivity (Wildman–Crippen MR) is 79.6 cm³/mol. The Morgan fingerprint density at radius 2 is 1.95 bits per heavy atom. The Morgan fingerprint density at radius 1 is 1.19 bits per heavy atom. The molecule has 1 aromatic carbocycles. The van der Waals surface area contributed by atoms with Crippen molar-refractivity contribution in [3.05, 3.63) is 29.3 Å². The molecule has 1 amide bonds. The van der Waals surface area contributed by atoms with Crippen LogP contribution in [0.4, 0.5) is 0 Å². The molecule has 1 aliphatic carbocycles. The molecule has 112 valence electrons. The molecule has 0 aromatic heterocycles. The van der Waals surface area contributed by atoms with E-state index in [4.69, 9.17) is 4.74 Å². The average molecular weight is 287 g/mol. The highest BCUT2D eigenvalue weighted by Crippen LogP contribution is 2.26. The van der Waals surface area contributed by atoms with Gasteiger partial charge in [0.25, 0.3) is 5.91 Å². The van der Waals surface area contributed by atoms with E-state index in [-0.39, 0.29) is 11.7 Å². The molecule has 0 bridgehead atoms. The molecule has 0 radical (unpaired) electrons. The van der Waals surface area contributed by atoms with Gasteiger partial charge in [-0.1, -0.05) is 0 Å². The van der Waals surface area contributed by atoms with E-state index in [1.54, 1.807) is 13.0 Å². The Balaban J connectivity index is 1.66. The molecule has 4 nitrogen and oxygen atoms in total. The lowest BCUT2D eigenvalue weighted by molar-refractivity contribution is -0.138. The molecule has 1 unspecified atom stereocenters. The predicted octanol–water partition coefficient (Wildman–Crippen LogP) is 2.60. The average Bonchev–Trinajstić information content (AvgIpc) is 2.88. The van der Waals surface area contributed by atoms with Crippen LogP contribution in [0.2, 0.25) is 0 Å². The first kappa shape index (κ1) is 14.1. The minimum absolute atomic E-state index is 0.0614. The summed E-state index contributed by atoms with van der Waals surface area (Å²) in [7, 11) is 0. The van der Waals surface area contributed by atoms with Crippen LogP contribution in [0.15, 0.2) is 18.2 Å². The second kappa shape index (κ2) is 5.88. The number of likely N-dealkylation sites (tertiary alicyclic amines) is 1. The maximum absolute atomic E-state index is 12.3. The van der Waals surface area contributed by atoms with Gasteiger partial charge in [-0.2, -0.15) is 0 Å². The minimum atomic E-state index is -0.474. The lowest BCUT2D eigenvalue weighted by atomic mass is 10.1. The smallest absolute Gasteiger partial charge is 0.263 e. The number of piperidine rings is 1. The molecule has 1 fully saturated rings. The molecule has 0 saturated carbocycles. The molecule has 2 aliphatic rings. The molecule has 1 aromatic rings.